The molecule has 25 heavy (non-hydrogen) atoms. The smallest absolute Gasteiger partial charge is 0.0824 e. The molecule has 0 unspecified atom stereocenters. The summed E-state index contributed by atoms with van der Waals surface area (Å²) in [7, 11) is 0. The Morgan fingerprint density at radius 3 is 2.20 bits per heavy atom. The molecule has 0 radical (unpaired) electrons. The Morgan fingerprint density at radius 1 is 0.760 bits per heavy atom. The highest BCUT2D eigenvalue weighted by Crippen LogP contribution is 2.19. The van der Waals surface area contributed by atoms with Crippen LogP contribution < -0.4 is 4.90 Å². The number of fused-ring (bicyclic) bond motifs is 1. The lowest BCUT2D eigenvalue weighted by Gasteiger charge is -2.37. The van der Waals surface area contributed by atoms with E-state index in [9.17, 15) is 0 Å². The Kier molecular flexibility index (Phi) is 4.66. The summed E-state index contributed by atoms with van der Waals surface area (Å²) in [6.07, 6.45) is 0.853. The van der Waals surface area contributed by atoms with Crippen LogP contribution in [0.25, 0.3) is 10.8 Å². The van der Waals surface area contributed by atoms with Gasteiger partial charge in [0.05, 0.1) is 4.99 Å². The van der Waals surface area contributed by atoms with Crippen LogP contribution in [0.5, 0.6) is 0 Å². The van der Waals surface area contributed by atoms with E-state index in [0.29, 0.717) is 0 Å². The van der Waals surface area contributed by atoms with Gasteiger partial charge in [0.1, 0.15) is 0 Å². The highest BCUT2D eigenvalue weighted by molar-refractivity contribution is 7.80. The van der Waals surface area contributed by atoms with Crippen molar-refractivity contribution in [3.05, 3.63) is 78.4 Å². The molecule has 0 saturated carbocycles. The van der Waals surface area contributed by atoms with E-state index < -0.39 is 0 Å². The largest absolute Gasteiger partial charge is 0.368 e. The number of anilines is 1. The zero-order valence-electron chi connectivity index (χ0n) is 14.3. The van der Waals surface area contributed by atoms with Gasteiger partial charge < -0.3 is 9.80 Å². The maximum absolute atomic E-state index is 5.74. The van der Waals surface area contributed by atoms with E-state index in [1.807, 2.05) is 0 Å². The quantitative estimate of drug-likeness (QED) is 0.643. The average molecular weight is 346 g/mol. The third-order valence-corrected chi connectivity index (χ3v) is 5.33. The second-order valence-corrected chi connectivity index (χ2v) is 7.03. The average Bonchev–Trinajstić information content (AvgIpc) is 2.69. The minimum absolute atomic E-state index is 0.853. The summed E-state index contributed by atoms with van der Waals surface area (Å²) in [6.45, 7) is 4.06. The second kappa shape index (κ2) is 7.24. The molecule has 0 aliphatic carbocycles. The van der Waals surface area contributed by atoms with Crippen LogP contribution in [-0.4, -0.2) is 36.1 Å². The van der Waals surface area contributed by atoms with Crippen molar-refractivity contribution < 1.29 is 0 Å². The molecule has 3 aromatic rings. The normalized spacial score (nSPS) is 14.7. The van der Waals surface area contributed by atoms with Crippen molar-refractivity contribution >= 4 is 33.7 Å². The zero-order valence-corrected chi connectivity index (χ0v) is 15.1. The molecule has 0 atom stereocenters. The lowest BCUT2D eigenvalue weighted by Crippen LogP contribution is -2.48. The fourth-order valence-corrected chi connectivity index (χ4v) is 3.84. The third-order valence-electron chi connectivity index (χ3n) is 4.92. The van der Waals surface area contributed by atoms with Crippen molar-refractivity contribution in [2.45, 2.75) is 6.42 Å². The summed E-state index contributed by atoms with van der Waals surface area (Å²) in [5.41, 5.74) is 2.61. The van der Waals surface area contributed by atoms with Crippen molar-refractivity contribution in [2.75, 3.05) is 31.1 Å². The van der Waals surface area contributed by atoms with Crippen LogP contribution in [0.15, 0.2) is 72.8 Å². The maximum atomic E-state index is 5.74. The fraction of sp³-hybridized carbons (Fsp3) is 0.227. The van der Waals surface area contributed by atoms with Gasteiger partial charge in [0.25, 0.3) is 0 Å². The zero-order chi connectivity index (χ0) is 17.1. The van der Waals surface area contributed by atoms with Gasteiger partial charge in [0, 0.05) is 38.3 Å². The summed E-state index contributed by atoms with van der Waals surface area (Å²) in [5, 5.41) is 2.57. The van der Waals surface area contributed by atoms with Crippen molar-refractivity contribution in [1.29, 1.82) is 0 Å². The molecule has 1 saturated heterocycles. The first-order valence-corrected chi connectivity index (χ1v) is 9.26. The molecule has 0 N–H and O–H groups in total. The van der Waals surface area contributed by atoms with Gasteiger partial charge in [-0.1, -0.05) is 72.9 Å². The topological polar surface area (TPSA) is 6.48 Å². The van der Waals surface area contributed by atoms with Crippen molar-refractivity contribution in [3.8, 4) is 0 Å². The predicted molar refractivity (Wildman–Crippen MR) is 110 cm³/mol. The summed E-state index contributed by atoms with van der Waals surface area (Å²) in [5.74, 6) is 0. The molecular weight excluding hydrogens is 324 g/mol. The van der Waals surface area contributed by atoms with Gasteiger partial charge in [0.15, 0.2) is 0 Å². The standard InChI is InChI=1S/C22H22N2S/c25-22(17-18-10-11-19-6-4-5-7-20(19)16-18)24-14-12-23(13-15-24)21-8-2-1-3-9-21/h1-11,16H,12-15,17H2. The van der Waals surface area contributed by atoms with Gasteiger partial charge >= 0.3 is 0 Å². The highest BCUT2D eigenvalue weighted by Gasteiger charge is 2.19. The molecule has 1 aliphatic heterocycles. The molecule has 2 nitrogen and oxygen atoms in total. The molecule has 3 aromatic carbocycles. The van der Waals surface area contributed by atoms with Gasteiger partial charge in [-0.25, -0.2) is 0 Å². The van der Waals surface area contributed by atoms with E-state index in [4.69, 9.17) is 12.2 Å². The van der Waals surface area contributed by atoms with Crippen LogP contribution in [0.4, 0.5) is 5.69 Å². The lowest BCUT2D eigenvalue weighted by molar-refractivity contribution is 0.387. The van der Waals surface area contributed by atoms with Crippen LogP contribution >= 0.6 is 12.2 Å². The maximum Gasteiger partial charge on any atom is 0.0824 e. The molecule has 0 aromatic heterocycles. The number of hydrogen-bond acceptors (Lipinski definition) is 2. The number of rotatable bonds is 3. The van der Waals surface area contributed by atoms with Gasteiger partial charge in [-0.3, -0.25) is 0 Å². The molecule has 3 heteroatoms. The minimum Gasteiger partial charge on any atom is -0.368 e. The van der Waals surface area contributed by atoms with Crippen LogP contribution in [0.2, 0.25) is 0 Å². The Morgan fingerprint density at radius 2 is 1.44 bits per heavy atom. The van der Waals surface area contributed by atoms with Crippen molar-refractivity contribution in [3.63, 3.8) is 0 Å². The van der Waals surface area contributed by atoms with Crippen molar-refractivity contribution in [1.82, 2.24) is 4.90 Å². The first kappa shape index (κ1) is 16.1. The third kappa shape index (κ3) is 3.67. The van der Waals surface area contributed by atoms with Crippen LogP contribution in [0.3, 0.4) is 0 Å². The monoisotopic (exact) mass is 346 g/mol. The molecule has 0 spiro atoms. The molecule has 0 amide bonds. The SMILES string of the molecule is S=C(Cc1ccc2ccccc2c1)N1CCN(c2ccccc2)CC1. The minimum atomic E-state index is 0.853. The summed E-state index contributed by atoms with van der Waals surface area (Å²) < 4.78 is 0. The number of piperazine rings is 1. The van der Waals surface area contributed by atoms with Crippen LogP contribution in [-0.2, 0) is 6.42 Å². The van der Waals surface area contributed by atoms with E-state index in [-0.39, 0.29) is 0 Å². The first-order chi connectivity index (χ1) is 12.3. The Balaban J connectivity index is 1.38. The van der Waals surface area contributed by atoms with Gasteiger partial charge in [-0.05, 0) is 28.5 Å². The number of benzene rings is 3. The van der Waals surface area contributed by atoms with E-state index in [2.05, 4.69) is 82.6 Å². The van der Waals surface area contributed by atoms with E-state index in [1.165, 1.54) is 22.0 Å². The number of hydrogen-bond donors (Lipinski definition) is 0. The van der Waals surface area contributed by atoms with Crippen LogP contribution in [0.1, 0.15) is 5.56 Å². The molecule has 1 fully saturated rings. The predicted octanol–water partition coefficient (Wildman–Crippen LogP) is 4.53. The Hall–Kier alpha value is -2.39. The van der Waals surface area contributed by atoms with E-state index >= 15 is 0 Å². The van der Waals surface area contributed by atoms with Gasteiger partial charge in [-0.2, -0.15) is 0 Å². The number of nitrogens with zero attached hydrogens (tertiary/aromatic N) is 2. The first-order valence-electron chi connectivity index (χ1n) is 8.85. The van der Waals surface area contributed by atoms with Crippen molar-refractivity contribution in [2.24, 2.45) is 0 Å². The Labute approximate surface area is 154 Å². The van der Waals surface area contributed by atoms with E-state index in [0.717, 1.165) is 37.6 Å². The summed E-state index contributed by atoms with van der Waals surface area (Å²) in [4.78, 5) is 5.86. The lowest BCUT2D eigenvalue weighted by atomic mass is 10.0. The molecular formula is C22H22N2S. The van der Waals surface area contributed by atoms with Crippen LogP contribution in [0, 0.1) is 0 Å². The summed E-state index contributed by atoms with van der Waals surface area (Å²) >= 11 is 5.74. The second-order valence-electron chi connectivity index (χ2n) is 6.56. The van der Waals surface area contributed by atoms with Gasteiger partial charge in [-0.15, -0.1) is 0 Å². The molecule has 1 aliphatic rings. The van der Waals surface area contributed by atoms with E-state index in [1.54, 1.807) is 0 Å². The summed E-state index contributed by atoms with van der Waals surface area (Å²) in [6, 6.07) is 25.8. The fourth-order valence-electron chi connectivity index (χ4n) is 3.49. The number of para-hydroxylation sites is 1. The molecule has 1 heterocycles. The van der Waals surface area contributed by atoms with Gasteiger partial charge in [0.2, 0.25) is 0 Å². The Bertz CT molecular complexity index is 867. The molecule has 4 rings (SSSR count). The molecule has 0 bridgehead atoms. The highest BCUT2D eigenvalue weighted by atomic mass is 32.1. The number of thiocarbonyl (C=S) groups is 1. The molecule has 126 valence electrons.